The van der Waals surface area contributed by atoms with E-state index in [1.165, 1.54) is 0 Å². The van der Waals surface area contributed by atoms with Crippen molar-refractivity contribution < 1.29 is 23.8 Å². The average Bonchev–Trinajstić information content (AvgIpc) is 2.64. The Kier molecular flexibility index (Phi) is 6.45. The van der Waals surface area contributed by atoms with Crippen LogP contribution in [0.25, 0.3) is 0 Å². The first-order valence-corrected chi connectivity index (χ1v) is 8.54. The highest BCUT2D eigenvalue weighted by atomic mass is 16.5. The van der Waals surface area contributed by atoms with Crippen molar-refractivity contribution in [2.24, 2.45) is 0 Å². The van der Waals surface area contributed by atoms with Crippen LogP contribution in [-0.4, -0.2) is 31.6 Å². The minimum Gasteiger partial charge on any atom is -0.493 e. The van der Waals surface area contributed by atoms with E-state index in [9.17, 15) is 9.59 Å². The van der Waals surface area contributed by atoms with E-state index in [4.69, 9.17) is 14.2 Å². The highest BCUT2D eigenvalue weighted by molar-refractivity contribution is 5.96. The monoisotopic (exact) mass is 371 g/mol. The molecule has 0 unspecified atom stereocenters. The molecule has 2 rings (SSSR count). The largest absolute Gasteiger partial charge is 0.493 e. The lowest BCUT2D eigenvalue weighted by atomic mass is 10.1. The van der Waals surface area contributed by atoms with E-state index >= 15 is 0 Å². The van der Waals surface area contributed by atoms with Gasteiger partial charge in [-0.15, -0.1) is 0 Å². The fraction of sp³-hybridized carbons (Fsp3) is 0.333. The maximum atomic E-state index is 12.2. The molecule has 0 heterocycles. The van der Waals surface area contributed by atoms with Crippen molar-refractivity contribution in [3.8, 4) is 11.5 Å². The van der Waals surface area contributed by atoms with Crippen LogP contribution in [0.2, 0.25) is 0 Å². The second kappa shape index (κ2) is 8.58. The lowest BCUT2D eigenvalue weighted by Crippen LogP contribution is -2.40. The van der Waals surface area contributed by atoms with Crippen LogP contribution in [0, 0.1) is 0 Å². The molecule has 6 nitrogen and oxygen atoms in total. The van der Waals surface area contributed by atoms with Gasteiger partial charge in [-0.3, -0.25) is 4.79 Å². The van der Waals surface area contributed by atoms with Crippen LogP contribution in [0.4, 0.5) is 0 Å². The smallest absolute Gasteiger partial charge is 0.338 e. The first kappa shape index (κ1) is 20.3. The Morgan fingerprint density at radius 3 is 2.04 bits per heavy atom. The van der Waals surface area contributed by atoms with Crippen LogP contribution >= 0.6 is 0 Å². The Balaban J connectivity index is 1.99. The molecule has 2 aromatic rings. The first-order chi connectivity index (χ1) is 12.7. The molecule has 2 aromatic carbocycles. The van der Waals surface area contributed by atoms with Gasteiger partial charge in [-0.25, -0.2) is 4.79 Å². The predicted molar refractivity (Wildman–Crippen MR) is 102 cm³/mol. The van der Waals surface area contributed by atoms with Gasteiger partial charge >= 0.3 is 5.97 Å². The normalized spacial score (nSPS) is 10.9. The average molecular weight is 371 g/mol. The van der Waals surface area contributed by atoms with Crippen molar-refractivity contribution in [2.45, 2.75) is 32.9 Å². The van der Waals surface area contributed by atoms with Crippen LogP contribution in [0.5, 0.6) is 11.5 Å². The number of amides is 1. The molecule has 1 N–H and O–H groups in total. The number of methoxy groups -OCH3 is 2. The summed E-state index contributed by atoms with van der Waals surface area (Å²) in [6.45, 7) is 5.83. The molecule has 144 valence electrons. The number of carbonyl (C=O) groups excluding carboxylic acids is 2. The van der Waals surface area contributed by atoms with Crippen molar-refractivity contribution in [2.75, 3.05) is 14.2 Å². The molecule has 1 amide bonds. The van der Waals surface area contributed by atoms with Gasteiger partial charge in [0.25, 0.3) is 5.91 Å². The van der Waals surface area contributed by atoms with Gasteiger partial charge in [-0.2, -0.15) is 0 Å². The molecule has 0 aliphatic carbocycles. The molecule has 0 atom stereocenters. The first-order valence-electron chi connectivity index (χ1n) is 8.54. The molecule has 0 bridgehead atoms. The molecule has 0 aromatic heterocycles. The molecule has 0 radical (unpaired) electrons. The molecule has 0 saturated carbocycles. The minimum absolute atomic E-state index is 0.103. The molecule has 0 spiro atoms. The second-order valence-electron chi connectivity index (χ2n) is 7.05. The lowest BCUT2D eigenvalue weighted by Gasteiger charge is -2.20. The summed E-state index contributed by atoms with van der Waals surface area (Å²) in [6.07, 6.45) is 0. The summed E-state index contributed by atoms with van der Waals surface area (Å²) in [7, 11) is 3.11. The van der Waals surface area contributed by atoms with Gasteiger partial charge in [0, 0.05) is 11.1 Å². The summed E-state index contributed by atoms with van der Waals surface area (Å²) in [4.78, 5) is 24.3. The number of nitrogens with one attached hydrogen (secondary N) is 1. The van der Waals surface area contributed by atoms with Crippen molar-refractivity contribution in [1.82, 2.24) is 5.32 Å². The molecule has 0 fully saturated rings. The van der Waals surface area contributed by atoms with Gasteiger partial charge < -0.3 is 19.5 Å². The number of carbonyl (C=O) groups is 2. The molecule has 0 aliphatic rings. The van der Waals surface area contributed by atoms with E-state index in [1.54, 1.807) is 56.7 Å². The number of hydrogen-bond donors (Lipinski definition) is 1. The van der Waals surface area contributed by atoms with Gasteiger partial charge in [0.05, 0.1) is 19.8 Å². The van der Waals surface area contributed by atoms with Gasteiger partial charge in [-0.1, -0.05) is 6.07 Å². The van der Waals surface area contributed by atoms with Gasteiger partial charge in [0.15, 0.2) is 11.5 Å². The number of esters is 1. The minimum atomic E-state index is -0.465. The van der Waals surface area contributed by atoms with Crippen molar-refractivity contribution >= 4 is 11.9 Å². The van der Waals surface area contributed by atoms with Gasteiger partial charge in [0.1, 0.15) is 6.61 Å². The SMILES string of the molecule is COc1ccc(COC(=O)c2ccc(C(=O)NC(C)(C)C)cc2)cc1OC. The summed E-state index contributed by atoms with van der Waals surface area (Å²) in [6, 6.07) is 11.7. The molecular formula is C21H25NO5. The molecule has 27 heavy (non-hydrogen) atoms. The zero-order valence-corrected chi connectivity index (χ0v) is 16.3. The van der Waals surface area contributed by atoms with Crippen LogP contribution in [-0.2, 0) is 11.3 Å². The van der Waals surface area contributed by atoms with Crippen LogP contribution in [0.15, 0.2) is 42.5 Å². The third kappa shape index (κ3) is 5.74. The van der Waals surface area contributed by atoms with Crippen molar-refractivity contribution in [3.05, 3.63) is 59.2 Å². The molecule has 0 aliphatic heterocycles. The number of hydrogen-bond acceptors (Lipinski definition) is 5. The number of benzene rings is 2. The zero-order chi connectivity index (χ0) is 20.0. The van der Waals surface area contributed by atoms with Crippen LogP contribution in [0.3, 0.4) is 0 Å². The summed E-state index contributed by atoms with van der Waals surface area (Å²) in [5, 5.41) is 2.87. The quantitative estimate of drug-likeness (QED) is 0.786. The highest BCUT2D eigenvalue weighted by Crippen LogP contribution is 2.27. The van der Waals surface area contributed by atoms with Crippen LogP contribution < -0.4 is 14.8 Å². The predicted octanol–water partition coefficient (Wildman–Crippen LogP) is 3.59. The third-order valence-electron chi connectivity index (χ3n) is 3.69. The van der Waals surface area contributed by atoms with Gasteiger partial charge in [0.2, 0.25) is 0 Å². The summed E-state index contributed by atoms with van der Waals surface area (Å²) in [5.41, 5.74) is 1.32. The molecular weight excluding hydrogens is 346 g/mol. The summed E-state index contributed by atoms with van der Waals surface area (Å²) >= 11 is 0. The number of ether oxygens (including phenoxy) is 3. The Morgan fingerprint density at radius 1 is 0.889 bits per heavy atom. The molecule has 0 saturated heterocycles. The standard InChI is InChI=1S/C21H25NO5/c1-21(2,3)22-19(23)15-7-9-16(10-8-15)20(24)27-13-14-6-11-17(25-4)18(12-14)26-5/h6-12H,13H2,1-5H3,(H,22,23). The van der Waals surface area contributed by atoms with E-state index in [-0.39, 0.29) is 18.1 Å². The lowest BCUT2D eigenvalue weighted by molar-refractivity contribution is 0.0472. The fourth-order valence-corrected chi connectivity index (χ4v) is 2.37. The summed E-state index contributed by atoms with van der Waals surface area (Å²) in [5.74, 6) is 0.525. The Hall–Kier alpha value is -3.02. The van der Waals surface area contributed by atoms with E-state index in [1.807, 2.05) is 20.8 Å². The maximum absolute atomic E-state index is 12.2. The van der Waals surface area contributed by atoms with Crippen LogP contribution in [0.1, 0.15) is 47.1 Å². The Labute approximate surface area is 159 Å². The zero-order valence-electron chi connectivity index (χ0n) is 16.3. The highest BCUT2D eigenvalue weighted by Gasteiger charge is 2.16. The molecule has 6 heteroatoms. The maximum Gasteiger partial charge on any atom is 0.338 e. The third-order valence-corrected chi connectivity index (χ3v) is 3.69. The number of rotatable bonds is 6. The Morgan fingerprint density at radius 2 is 1.48 bits per heavy atom. The second-order valence-corrected chi connectivity index (χ2v) is 7.05. The fourth-order valence-electron chi connectivity index (χ4n) is 2.37. The Bertz CT molecular complexity index is 806. The topological polar surface area (TPSA) is 73.9 Å². The van der Waals surface area contributed by atoms with Crippen molar-refractivity contribution in [1.29, 1.82) is 0 Å². The van der Waals surface area contributed by atoms with E-state index < -0.39 is 5.97 Å². The van der Waals surface area contributed by atoms with E-state index in [2.05, 4.69) is 5.32 Å². The van der Waals surface area contributed by atoms with Crippen molar-refractivity contribution in [3.63, 3.8) is 0 Å². The summed E-state index contributed by atoms with van der Waals surface area (Å²) < 4.78 is 15.7. The van der Waals surface area contributed by atoms with Gasteiger partial charge in [-0.05, 0) is 62.7 Å². The van der Waals surface area contributed by atoms with E-state index in [0.717, 1.165) is 5.56 Å². The van der Waals surface area contributed by atoms with E-state index in [0.29, 0.717) is 22.6 Å².